The van der Waals surface area contributed by atoms with E-state index < -0.39 is 12.1 Å². The van der Waals surface area contributed by atoms with Crippen molar-refractivity contribution in [3.8, 4) is 0 Å². The number of benzene rings is 1. The molecule has 0 aliphatic heterocycles. The van der Waals surface area contributed by atoms with Crippen molar-refractivity contribution in [1.29, 1.82) is 0 Å². The molecule has 2 aromatic rings. The van der Waals surface area contributed by atoms with Crippen molar-refractivity contribution in [2.45, 2.75) is 20.0 Å². The molecular formula is C15H17N3O4. The molecule has 0 radical (unpaired) electrons. The van der Waals surface area contributed by atoms with Gasteiger partial charge in [-0.05, 0) is 19.9 Å². The molecule has 0 aliphatic rings. The average Bonchev–Trinajstić information content (AvgIpc) is 2.51. The van der Waals surface area contributed by atoms with Gasteiger partial charge in [-0.15, -0.1) is 0 Å². The van der Waals surface area contributed by atoms with Crippen molar-refractivity contribution in [2.24, 2.45) is 7.05 Å². The van der Waals surface area contributed by atoms with Crippen LogP contribution in [-0.2, 0) is 16.6 Å². The van der Waals surface area contributed by atoms with E-state index >= 15 is 0 Å². The normalized spacial score (nSPS) is 12.0. The minimum Gasteiger partial charge on any atom is -0.448 e. The van der Waals surface area contributed by atoms with Crippen LogP contribution in [0.15, 0.2) is 29.1 Å². The van der Waals surface area contributed by atoms with Crippen molar-refractivity contribution in [3.63, 3.8) is 0 Å². The molecule has 7 nitrogen and oxygen atoms in total. The average molecular weight is 303 g/mol. The second-order valence-electron chi connectivity index (χ2n) is 4.77. The molecule has 0 saturated heterocycles. The van der Waals surface area contributed by atoms with Gasteiger partial charge >= 0.3 is 5.97 Å². The Morgan fingerprint density at radius 3 is 2.59 bits per heavy atom. The van der Waals surface area contributed by atoms with Crippen LogP contribution in [0.5, 0.6) is 0 Å². The van der Waals surface area contributed by atoms with Crippen LogP contribution >= 0.6 is 0 Å². The zero-order chi connectivity index (χ0) is 16.3. The summed E-state index contributed by atoms with van der Waals surface area (Å²) in [6, 6.07) is 6.64. The fourth-order valence-electron chi connectivity index (χ4n) is 2.04. The molecular weight excluding hydrogens is 286 g/mol. The van der Waals surface area contributed by atoms with E-state index in [9.17, 15) is 14.4 Å². The molecule has 1 aromatic carbocycles. The molecule has 0 unspecified atom stereocenters. The van der Waals surface area contributed by atoms with Gasteiger partial charge in [-0.25, -0.2) is 9.48 Å². The highest BCUT2D eigenvalue weighted by Gasteiger charge is 2.22. The summed E-state index contributed by atoms with van der Waals surface area (Å²) >= 11 is 0. The SMILES string of the molecule is CCNC(=O)[C@@H](C)OC(=O)c1nn(C)c(=O)c2ccccc12. The monoisotopic (exact) mass is 303 g/mol. The van der Waals surface area contributed by atoms with Crippen LogP contribution in [-0.4, -0.2) is 34.3 Å². The first kappa shape index (κ1) is 15.7. The molecule has 1 atom stereocenters. The number of amides is 1. The molecule has 1 heterocycles. The van der Waals surface area contributed by atoms with Crippen LogP contribution in [0.3, 0.4) is 0 Å². The smallest absolute Gasteiger partial charge is 0.360 e. The molecule has 0 spiro atoms. The second kappa shape index (κ2) is 6.38. The van der Waals surface area contributed by atoms with Gasteiger partial charge in [-0.2, -0.15) is 5.10 Å². The number of esters is 1. The lowest BCUT2D eigenvalue weighted by Gasteiger charge is -2.13. The largest absolute Gasteiger partial charge is 0.448 e. The van der Waals surface area contributed by atoms with Gasteiger partial charge in [0.25, 0.3) is 11.5 Å². The molecule has 0 bridgehead atoms. The molecule has 2 rings (SSSR count). The number of rotatable bonds is 4. The molecule has 22 heavy (non-hydrogen) atoms. The number of ether oxygens (including phenoxy) is 1. The van der Waals surface area contributed by atoms with Crippen molar-refractivity contribution in [2.75, 3.05) is 6.54 Å². The van der Waals surface area contributed by atoms with Gasteiger partial charge in [0, 0.05) is 19.0 Å². The van der Waals surface area contributed by atoms with Gasteiger partial charge in [-0.1, -0.05) is 18.2 Å². The number of hydrogen-bond donors (Lipinski definition) is 1. The Morgan fingerprint density at radius 1 is 1.32 bits per heavy atom. The maximum Gasteiger partial charge on any atom is 0.360 e. The number of carbonyl (C=O) groups is 2. The maximum absolute atomic E-state index is 12.3. The van der Waals surface area contributed by atoms with Crippen LogP contribution in [0.25, 0.3) is 10.8 Å². The van der Waals surface area contributed by atoms with E-state index in [0.29, 0.717) is 17.3 Å². The molecule has 1 N–H and O–H groups in total. The van der Waals surface area contributed by atoms with E-state index in [1.807, 2.05) is 0 Å². The predicted octanol–water partition coefficient (Wildman–Crippen LogP) is 0.615. The summed E-state index contributed by atoms with van der Waals surface area (Å²) in [5.41, 5.74) is -0.294. The molecule has 0 saturated carbocycles. The third-order valence-electron chi connectivity index (χ3n) is 3.15. The van der Waals surface area contributed by atoms with Gasteiger partial charge in [0.2, 0.25) is 0 Å². The molecule has 7 heteroatoms. The molecule has 0 aliphatic carbocycles. The van der Waals surface area contributed by atoms with Crippen LogP contribution in [0, 0.1) is 0 Å². The lowest BCUT2D eigenvalue weighted by molar-refractivity contribution is -0.128. The number of likely N-dealkylation sites (N-methyl/N-ethyl adjacent to an activating group) is 1. The zero-order valence-corrected chi connectivity index (χ0v) is 12.6. The first-order valence-corrected chi connectivity index (χ1v) is 6.90. The Bertz CT molecular complexity index is 782. The topological polar surface area (TPSA) is 90.3 Å². The third kappa shape index (κ3) is 2.98. The highest BCUT2D eigenvalue weighted by Crippen LogP contribution is 2.14. The Balaban J connectivity index is 2.39. The van der Waals surface area contributed by atoms with E-state index in [1.54, 1.807) is 31.2 Å². The van der Waals surface area contributed by atoms with Gasteiger partial charge in [-0.3, -0.25) is 9.59 Å². The summed E-state index contributed by atoms with van der Waals surface area (Å²) in [5.74, 6) is -1.13. The van der Waals surface area contributed by atoms with Gasteiger partial charge in [0.05, 0.1) is 5.39 Å². The van der Waals surface area contributed by atoms with Crippen LogP contribution in [0.4, 0.5) is 0 Å². The van der Waals surface area contributed by atoms with E-state index in [-0.39, 0.29) is 17.2 Å². The summed E-state index contributed by atoms with van der Waals surface area (Å²) in [6.07, 6.45) is -0.940. The van der Waals surface area contributed by atoms with Gasteiger partial charge < -0.3 is 10.1 Å². The molecule has 1 amide bonds. The van der Waals surface area contributed by atoms with Crippen molar-refractivity contribution >= 4 is 22.6 Å². The third-order valence-corrected chi connectivity index (χ3v) is 3.15. The summed E-state index contributed by atoms with van der Waals surface area (Å²) in [5, 5.41) is 7.30. The number of fused-ring (bicyclic) bond motifs is 1. The van der Waals surface area contributed by atoms with Crippen molar-refractivity contribution in [3.05, 3.63) is 40.3 Å². The summed E-state index contributed by atoms with van der Waals surface area (Å²) < 4.78 is 6.20. The zero-order valence-electron chi connectivity index (χ0n) is 12.6. The minimum absolute atomic E-state index is 0.00819. The number of hydrogen-bond acceptors (Lipinski definition) is 5. The minimum atomic E-state index is -0.940. The Morgan fingerprint density at radius 2 is 1.95 bits per heavy atom. The molecule has 1 aromatic heterocycles. The lowest BCUT2D eigenvalue weighted by Crippen LogP contribution is -2.36. The fourth-order valence-corrected chi connectivity index (χ4v) is 2.04. The number of aryl methyl sites for hydroxylation is 1. The Kier molecular flexibility index (Phi) is 4.55. The van der Waals surface area contributed by atoms with E-state index in [2.05, 4.69) is 10.4 Å². The highest BCUT2D eigenvalue weighted by atomic mass is 16.5. The summed E-state index contributed by atoms with van der Waals surface area (Å²) in [4.78, 5) is 35.9. The van der Waals surface area contributed by atoms with Crippen LogP contribution in [0.1, 0.15) is 24.3 Å². The molecule has 0 fully saturated rings. The van der Waals surface area contributed by atoms with Crippen molar-refractivity contribution < 1.29 is 14.3 Å². The number of aromatic nitrogens is 2. The predicted molar refractivity (Wildman–Crippen MR) is 80.5 cm³/mol. The summed E-state index contributed by atoms with van der Waals surface area (Å²) in [7, 11) is 1.46. The summed E-state index contributed by atoms with van der Waals surface area (Å²) in [6.45, 7) is 3.70. The Hall–Kier alpha value is -2.70. The Labute approximate surface area is 126 Å². The number of carbonyl (C=O) groups excluding carboxylic acids is 2. The lowest BCUT2D eigenvalue weighted by atomic mass is 10.1. The first-order chi connectivity index (χ1) is 10.5. The van der Waals surface area contributed by atoms with Crippen LogP contribution < -0.4 is 10.9 Å². The first-order valence-electron chi connectivity index (χ1n) is 6.90. The number of nitrogens with one attached hydrogen (secondary N) is 1. The van der Waals surface area contributed by atoms with Gasteiger partial charge in [0.15, 0.2) is 11.8 Å². The number of nitrogens with zero attached hydrogens (tertiary/aromatic N) is 2. The maximum atomic E-state index is 12.3. The quantitative estimate of drug-likeness (QED) is 0.836. The fraction of sp³-hybridized carbons (Fsp3) is 0.333. The van der Waals surface area contributed by atoms with E-state index in [0.717, 1.165) is 4.68 Å². The second-order valence-corrected chi connectivity index (χ2v) is 4.77. The van der Waals surface area contributed by atoms with Crippen molar-refractivity contribution in [1.82, 2.24) is 15.1 Å². The van der Waals surface area contributed by atoms with Gasteiger partial charge in [0.1, 0.15) is 0 Å². The van der Waals surface area contributed by atoms with E-state index in [4.69, 9.17) is 4.74 Å². The van der Waals surface area contributed by atoms with E-state index in [1.165, 1.54) is 14.0 Å². The highest BCUT2D eigenvalue weighted by molar-refractivity contribution is 6.02. The standard InChI is InChI=1S/C15H17N3O4/c1-4-16-13(19)9(2)22-15(21)12-10-7-5-6-8-11(10)14(20)18(3)17-12/h5-9H,4H2,1-3H3,(H,16,19)/t9-/m1/s1. The van der Waals surface area contributed by atoms with Crippen LogP contribution in [0.2, 0.25) is 0 Å². The molecule has 116 valence electrons.